The zero-order valence-electron chi connectivity index (χ0n) is 20.5. The molecule has 0 bridgehead atoms. The van der Waals surface area contributed by atoms with E-state index in [1.165, 1.54) is 16.1 Å². The minimum atomic E-state index is -0.439. The summed E-state index contributed by atoms with van der Waals surface area (Å²) in [5.74, 6) is -0.705. The highest BCUT2D eigenvalue weighted by Gasteiger charge is 2.32. The average Bonchev–Trinajstić information content (AvgIpc) is 3.39. The Bertz CT molecular complexity index is 1380. The first-order chi connectivity index (χ1) is 16.1. The quantitative estimate of drug-likeness (QED) is 0.362. The second-order valence-corrected chi connectivity index (χ2v) is 9.35. The summed E-state index contributed by atoms with van der Waals surface area (Å²) in [6.45, 7) is 13.9. The van der Waals surface area contributed by atoms with Gasteiger partial charge in [-0.05, 0) is 83.4 Å². The standard InChI is InChI=1S/C26H28N4O3S/c1-8-33-25(32)23-18(6)27-26(34-23)30-24(31)21(17(5)28-30)13-20-12-15(3)29(19(20)7)22-11-9-10-14(2)16(22)4/h9-13H,8H2,1-7H3/b21-13+. The van der Waals surface area contributed by atoms with Crippen LogP contribution in [0, 0.1) is 34.6 Å². The van der Waals surface area contributed by atoms with Crippen molar-refractivity contribution in [3.8, 4) is 5.69 Å². The van der Waals surface area contributed by atoms with Crippen LogP contribution in [0.2, 0.25) is 0 Å². The average molecular weight is 477 g/mol. The zero-order chi connectivity index (χ0) is 24.7. The molecule has 3 heterocycles. The van der Waals surface area contributed by atoms with Gasteiger partial charge in [-0.15, -0.1) is 0 Å². The molecule has 2 aromatic heterocycles. The summed E-state index contributed by atoms with van der Waals surface area (Å²) >= 11 is 1.11. The number of rotatable bonds is 5. The Morgan fingerprint density at radius 2 is 1.88 bits per heavy atom. The molecule has 0 spiro atoms. The van der Waals surface area contributed by atoms with E-state index in [0.717, 1.165) is 34.0 Å². The number of carbonyl (C=O) groups excluding carboxylic acids is 2. The maximum Gasteiger partial charge on any atom is 0.350 e. The van der Waals surface area contributed by atoms with Gasteiger partial charge >= 0.3 is 5.97 Å². The number of amides is 1. The molecule has 7 nitrogen and oxygen atoms in total. The lowest BCUT2D eigenvalue weighted by Gasteiger charge is -2.14. The van der Waals surface area contributed by atoms with Crippen LogP contribution in [-0.2, 0) is 9.53 Å². The van der Waals surface area contributed by atoms with E-state index in [0.29, 0.717) is 27.0 Å². The van der Waals surface area contributed by atoms with Crippen molar-refractivity contribution in [3.05, 3.63) is 68.5 Å². The van der Waals surface area contributed by atoms with Gasteiger partial charge in [-0.2, -0.15) is 10.1 Å². The number of hydrogen-bond donors (Lipinski definition) is 0. The maximum absolute atomic E-state index is 13.3. The maximum atomic E-state index is 13.3. The molecule has 1 aromatic carbocycles. The summed E-state index contributed by atoms with van der Waals surface area (Å²) in [6, 6.07) is 8.36. The number of carbonyl (C=O) groups is 2. The Morgan fingerprint density at radius 1 is 1.15 bits per heavy atom. The van der Waals surface area contributed by atoms with Crippen LogP contribution < -0.4 is 5.01 Å². The van der Waals surface area contributed by atoms with Crippen LogP contribution in [-0.4, -0.2) is 33.7 Å². The van der Waals surface area contributed by atoms with Crippen molar-refractivity contribution < 1.29 is 14.3 Å². The number of aryl methyl sites for hydroxylation is 3. The number of benzene rings is 1. The summed E-state index contributed by atoms with van der Waals surface area (Å²) in [5, 5.41) is 6.07. The first kappa shape index (κ1) is 23.6. The normalized spacial score (nSPS) is 14.8. The number of hydrazone groups is 1. The van der Waals surface area contributed by atoms with Crippen LogP contribution in [0.1, 0.15) is 57.3 Å². The summed E-state index contributed by atoms with van der Waals surface area (Å²) in [7, 11) is 0. The molecular weight excluding hydrogens is 448 g/mol. The molecular formula is C26H28N4O3S. The number of hydrogen-bond acceptors (Lipinski definition) is 6. The molecule has 0 saturated carbocycles. The molecule has 1 amide bonds. The van der Waals surface area contributed by atoms with E-state index in [2.05, 4.69) is 66.6 Å². The Morgan fingerprint density at radius 3 is 2.59 bits per heavy atom. The van der Waals surface area contributed by atoms with Crippen molar-refractivity contribution in [1.82, 2.24) is 9.55 Å². The number of thiazole rings is 1. The van der Waals surface area contributed by atoms with E-state index in [1.54, 1.807) is 20.8 Å². The molecule has 4 rings (SSSR count). The monoisotopic (exact) mass is 476 g/mol. The zero-order valence-corrected chi connectivity index (χ0v) is 21.3. The third-order valence-corrected chi connectivity index (χ3v) is 7.19. The molecule has 0 unspecified atom stereocenters. The molecule has 3 aromatic rings. The molecule has 176 valence electrons. The Balaban J connectivity index is 1.69. The summed E-state index contributed by atoms with van der Waals surface area (Å²) in [6.07, 6.45) is 1.89. The van der Waals surface area contributed by atoms with E-state index in [9.17, 15) is 9.59 Å². The van der Waals surface area contributed by atoms with Crippen molar-refractivity contribution in [2.75, 3.05) is 11.6 Å². The second-order valence-electron chi connectivity index (χ2n) is 8.37. The van der Waals surface area contributed by atoms with Gasteiger partial charge in [0.15, 0.2) is 0 Å². The topological polar surface area (TPSA) is 76.8 Å². The van der Waals surface area contributed by atoms with Crippen molar-refractivity contribution >= 4 is 40.1 Å². The predicted molar refractivity (Wildman–Crippen MR) is 136 cm³/mol. The van der Waals surface area contributed by atoms with Crippen LogP contribution in [0.25, 0.3) is 11.8 Å². The molecule has 0 saturated heterocycles. The predicted octanol–water partition coefficient (Wildman–Crippen LogP) is 5.46. The van der Waals surface area contributed by atoms with Crippen molar-refractivity contribution in [2.24, 2.45) is 5.10 Å². The summed E-state index contributed by atoms with van der Waals surface area (Å²) in [5.41, 5.74) is 8.32. The number of anilines is 1. The molecule has 1 aliphatic rings. The highest BCUT2D eigenvalue weighted by Crippen LogP contribution is 2.32. The van der Waals surface area contributed by atoms with Gasteiger partial charge in [-0.3, -0.25) is 4.79 Å². The van der Waals surface area contributed by atoms with Crippen LogP contribution in [0.4, 0.5) is 5.13 Å². The Hall–Kier alpha value is -3.52. The van der Waals surface area contributed by atoms with Crippen LogP contribution in [0.5, 0.6) is 0 Å². The van der Waals surface area contributed by atoms with E-state index < -0.39 is 5.97 Å². The van der Waals surface area contributed by atoms with E-state index in [1.807, 2.05) is 6.08 Å². The minimum absolute atomic E-state index is 0.266. The Labute approximate surface area is 203 Å². The molecule has 0 radical (unpaired) electrons. The van der Waals surface area contributed by atoms with Gasteiger partial charge < -0.3 is 9.30 Å². The second kappa shape index (κ2) is 9.02. The first-order valence-corrected chi connectivity index (χ1v) is 12.0. The van der Waals surface area contributed by atoms with Crippen molar-refractivity contribution in [2.45, 2.75) is 48.5 Å². The summed E-state index contributed by atoms with van der Waals surface area (Å²) in [4.78, 5) is 30.3. The molecule has 0 atom stereocenters. The fourth-order valence-corrected chi connectivity index (χ4v) is 5.02. The Kier molecular flexibility index (Phi) is 6.27. The van der Waals surface area contributed by atoms with E-state index in [-0.39, 0.29) is 12.5 Å². The lowest BCUT2D eigenvalue weighted by atomic mass is 10.1. The molecule has 0 aliphatic carbocycles. The number of aromatic nitrogens is 2. The first-order valence-electron chi connectivity index (χ1n) is 11.2. The molecule has 34 heavy (non-hydrogen) atoms. The summed E-state index contributed by atoms with van der Waals surface area (Å²) < 4.78 is 7.31. The molecule has 0 N–H and O–H groups in total. The van der Waals surface area contributed by atoms with Crippen molar-refractivity contribution in [3.63, 3.8) is 0 Å². The fraction of sp³-hybridized carbons (Fsp3) is 0.308. The van der Waals surface area contributed by atoms with Gasteiger partial charge in [0.25, 0.3) is 5.91 Å². The number of nitrogens with zero attached hydrogens (tertiary/aromatic N) is 4. The van der Waals surface area contributed by atoms with E-state index in [4.69, 9.17) is 4.74 Å². The van der Waals surface area contributed by atoms with Gasteiger partial charge in [0.2, 0.25) is 5.13 Å². The van der Waals surface area contributed by atoms with Crippen LogP contribution in [0.3, 0.4) is 0 Å². The van der Waals surface area contributed by atoms with Gasteiger partial charge in [-0.25, -0.2) is 9.78 Å². The van der Waals surface area contributed by atoms with Crippen LogP contribution in [0.15, 0.2) is 34.9 Å². The fourth-order valence-electron chi connectivity index (χ4n) is 4.11. The highest BCUT2D eigenvalue weighted by atomic mass is 32.1. The van der Waals surface area contributed by atoms with Gasteiger partial charge in [0.1, 0.15) is 4.88 Å². The third kappa shape index (κ3) is 3.98. The van der Waals surface area contributed by atoms with Gasteiger partial charge in [0, 0.05) is 17.1 Å². The molecule has 1 aliphatic heterocycles. The lowest BCUT2D eigenvalue weighted by molar-refractivity contribution is -0.114. The lowest BCUT2D eigenvalue weighted by Crippen LogP contribution is -2.21. The molecule has 8 heteroatoms. The highest BCUT2D eigenvalue weighted by molar-refractivity contribution is 7.17. The third-order valence-electron chi connectivity index (χ3n) is 6.08. The SMILES string of the molecule is CCOC(=O)c1sc(N2N=C(C)/C(=C\c3cc(C)n(-c4cccc(C)c4C)c3C)C2=O)nc1C. The minimum Gasteiger partial charge on any atom is -0.462 e. The van der Waals surface area contributed by atoms with Gasteiger partial charge in [-0.1, -0.05) is 23.5 Å². The van der Waals surface area contributed by atoms with E-state index >= 15 is 0 Å². The van der Waals surface area contributed by atoms with Gasteiger partial charge in [0.05, 0.1) is 23.6 Å². The smallest absolute Gasteiger partial charge is 0.350 e. The van der Waals surface area contributed by atoms with Crippen molar-refractivity contribution in [1.29, 1.82) is 0 Å². The largest absolute Gasteiger partial charge is 0.462 e. The van der Waals surface area contributed by atoms with Crippen LogP contribution >= 0.6 is 11.3 Å². The number of ether oxygens (including phenoxy) is 1. The molecule has 0 fully saturated rings. The number of esters is 1.